The summed E-state index contributed by atoms with van der Waals surface area (Å²) < 4.78 is 4.97. The van der Waals surface area contributed by atoms with Crippen LogP contribution in [-0.4, -0.2) is 35.6 Å². The van der Waals surface area contributed by atoms with Gasteiger partial charge in [-0.05, 0) is 25.1 Å². The summed E-state index contributed by atoms with van der Waals surface area (Å²) in [5, 5.41) is 11.5. The molecule has 106 valence electrons. The SMILES string of the molecule is C=CC(=O)NC(C)COC(=O)c1ccccc1C(=O)O. The highest BCUT2D eigenvalue weighted by Gasteiger charge is 2.17. The maximum atomic E-state index is 11.8. The fourth-order valence-electron chi connectivity index (χ4n) is 1.47. The Morgan fingerprint density at radius 1 is 1.35 bits per heavy atom. The van der Waals surface area contributed by atoms with Crippen molar-refractivity contribution in [2.75, 3.05) is 6.61 Å². The number of carboxylic acids is 1. The van der Waals surface area contributed by atoms with Gasteiger partial charge in [0.1, 0.15) is 6.61 Å². The van der Waals surface area contributed by atoms with E-state index >= 15 is 0 Å². The van der Waals surface area contributed by atoms with Crippen LogP contribution >= 0.6 is 0 Å². The van der Waals surface area contributed by atoms with E-state index in [1.165, 1.54) is 18.2 Å². The molecule has 1 amide bonds. The average molecular weight is 277 g/mol. The molecule has 0 aromatic heterocycles. The van der Waals surface area contributed by atoms with E-state index in [0.717, 1.165) is 6.08 Å². The van der Waals surface area contributed by atoms with E-state index in [9.17, 15) is 14.4 Å². The summed E-state index contributed by atoms with van der Waals surface area (Å²) in [6.45, 7) is 4.89. The van der Waals surface area contributed by atoms with Gasteiger partial charge >= 0.3 is 11.9 Å². The summed E-state index contributed by atoms with van der Waals surface area (Å²) in [4.78, 5) is 33.8. The van der Waals surface area contributed by atoms with Crippen LogP contribution < -0.4 is 5.32 Å². The van der Waals surface area contributed by atoms with E-state index < -0.39 is 18.0 Å². The Morgan fingerprint density at radius 3 is 2.50 bits per heavy atom. The van der Waals surface area contributed by atoms with E-state index in [1.807, 2.05) is 0 Å². The number of rotatable bonds is 6. The Hall–Kier alpha value is -2.63. The monoisotopic (exact) mass is 277 g/mol. The number of aromatic carboxylic acids is 1. The number of nitrogens with one attached hydrogen (secondary N) is 1. The van der Waals surface area contributed by atoms with Gasteiger partial charge in [0.15, 0.2) is 0 Å². The summed E-state index contributed by atoms with van der Waals surface area (Å²) in [6, 6.07) is 5.36. The first-order chi connectivity index (χ1) is 9.45. The minimum Gasteiger partial charge on any atom is -0.478 e. The zero-order valence-electron chi connectivity index (χ0n) is 11.0. The van der Waals surface area contributed by atoms with Crippen molar-refractivity contribution in [3.05, 3.63) is 48.0 Å². The predicted octanol–water partition coefficient (Wildman–Crippen LogP) is 1.23. The quantitative estimate of drug-likeness (QED) is 0.602. The molecule has 0 fully saturated rings. The fourth-order valence-corrected chi connectivity index (χ4v) is 1.47. The first kappa shape index (κ1) is 15.4. The van der Waals surface area contributed by atoms with Gasteiger partial charge in [-0.3, -0.25) is 4.79 Å². The fraction of sp³-hybridized carbons (Fsp3) is 0.214. The second-order valence-electron chi connectivity index (χ2n) is 4.06. The minimum atomic E-state index is -1.20. The van der Waals surface area contributed by atoms with E-state index in [0.29, 0.717) is 0 Å². The Balaban J connectivity index is 2.66. The number of ether oxygens (including phenoxy) is 1. The first-order valence-electron chi connectivity index (χ1n) is 5.88. The van der Waals surface area contributed by atoms with Crippen LogP contribution in [0.2, 0.25) is 0 Å². The number of carboxylic acid groups (broad SMARTS) is 1. The molecule has 0 aliphatic heterocycles. The number of esters is 1. The Morgan fingerprint density at radius 2 is 1.95 bits per heavy atom. The second-order valence-corrected chi connectivity index (χ2v) is 4.06. The molecule has 1 aromatic carbocycles. The summed E-state index contributed by atoms with van der Waals surface area (Å²) in [5.74, 6) is -2.33. The van der Waals surface area contributed by atoms with Crippen molar-refractivity contribution >= 4 is 17.8 Å². The van der Waals surface area contributed by atoms with E-state index in [4.69, 9.17) is 9.84 Å². The largest absolute Gasteiger partial charge is 0.478 e. The van der Waals surface area contributed by atoms with Crippen molar-refractivity contribution in [2.24, 2.45) is 0 Å². The van der Waals surface area contributed by atoms with Gasteiger partial charge < -0.3 is 15.2 Å². The van der Waals surface area contributed by atoms with Crippen molar-refractivity contribution in [1.82, 2.24) is 5.32 Å². The van der Waals surface area contributed by atoms with Crippen LogP contribution in [0.15, 0.2) is 36.9 Å². The van der Waals surface area contributed by atoms with Crippen LogP contribution in [0.3, 0.4) is 0 Å². The highest BCUT2D eigenvalue weighted by molar-refractivity contribution is 6.02. The maximum absolute atomic E-state index is 11.8. The molecule has 0 saturated carbocycles. The molecule has 0 saturated heterocycles. The molecule has 20 heavy (non-hydrogen) atoms. The highest BCUT2D eigenvalue weighted by Crippen LogP contribution is 2.10. The molecule has 1 rings (SSSR count). The maximum Gasteiger partial charge on any atom is 0.339 e. The lowest BCUT2D eigenvalue weighted by Gasteiger charge is -2.13. The van der Waals surface area contributed by atoms with E-state index in [-0.39, 0.29) is 23.6 Å². The summed E-state index contributed by atoms with van der Waals surface area (Å²) in [6.07, 6.45) is 1.11. The molecular formula is C14H15NO5. The Labute approximate surface area is 116 Å². The topological polar surface area (TPSA) is 92.7 Å². The normalized spacial score (nSPS) is 11.2. The van der Waals surface area contributed by atoms with Gasteiger partial charge in [0.25, 0.3) is 0 Å². The standard InChI is InChI=1S/C14H15NO5/c1-3-12(16)15-9(2)8-20-14(19)11-7-5-4-6-10(11)13(17)18/h3-7,9H,1,8H2,2H3,(H,15,16)(H,17,18). The van der Waals surface area contributed by atoms with Gasteiger partial charge in [0, 0.05) is 0 Å². The van der Waals surface area contributed by atoms with Crippen LogP contribution in [0.25, 0.3) is 0 Å². The van der Waals surface area contributed by atoms with Crippen molar-refractivity contribution < 1.29 is 24.2 Å². The molecule has 0 radical (unpaired) electrons. The molecule has 2 N–H and O–H groups in total. The number of carbonyl (C=O) groups is 3. The lowest BCUT2D eigenvalue weighted by Crippen LogP contribution is -2.35. The first-order valence-corrected chi connectivity index (χ1v) is 5.88. The van der Waals surface area contributed by atoms with Gasteiger partial charge in [0.2, 0.25) is 5.91 Å². The van der Waals surface area contributed by atoms with Crippen molar-refractivity contribution in [2.45, 2.75) is 13.0 Å². The zero-order chi connectivity index (χ0) is 15.1. The molecule has 0 heterocycles. The third-order valence-corrected chi connectivity index (χ3v) is 2.42. The molecule has 1 aromatic rings. The number of hydrogen-bond donors (Lipinski definition) is 2. The lowest BCUT2D eigenvalue weighted by atomic mass is 10.1. The predicted molar refractivity (Wildman–Crippen MR) is 71.5 cm³/mol. The van der Waals surface area contributed by atoms with E-state index in [2.05, 4.69) is 11.9 Å². The molecule has 6 nitrogen and oxygen atoms in total. The molecule has 0 aliphatic rings. The van der Waals surface area contributed by atoms with E-state index in [1.54, 1.807) is 13.0 Å². The van der Waals surface area contributed by atoms with Gasteiger partial charge in [-0.1, -0.05) is 18.7 Å². The van der Waals surface area contributed by atoms with Gasteiger partial charge in [0.05, 0.1) is 17.2 Å². The molecule has 1 unspecified atom stereocenters. The van der Waals surface area contributed by atoms with Gasteiger partial charge in [-0.15, -0.1) is 0 Å². The second kappa shape index (κ2) is 7.08. The summed E-state index contributed by atoms with van der Waals surface area (Å²) in [5.41, 5.74) is -0.150. The van der Waals surface area contributed by atoms with Gasteiger partial charge in [-0.2, -0.15) is 0 Å². The van der Waals surface area contributed by atoms with Crippen LogP contribution in [-0.2, 0) is 9.53 Å². The number of hydrogen-bond acceptors (Lipinski definition) is 4. The smallest absolute Gasteiger partial charge is 0.339 e. The van der Waals surface area contributed by atoms with Crippen molar-refractivity contribution in [3.63, 3.8) is 0 Å². The van der Waals surface area contributed by atoms with Crippen molar-refractivity contribution in [3.8, 4) is 0 Å². The van der Waals surface area contributed by atoms with Crippen molar-refractivity contribution in [1.29, 1.82) is 0 Å². The lowest BCUT2D eigenvalue weighted by molar-refractivity contribution is -0.117. The van der Waals surface area contributed by atoms with Crippen LogP contribution in [0.1, 0.15) is 27.6 Å². The molecule has 6 heteroatoms. The van der Waals surface area contributed by atoms with Crippen LogP contribution in [0.4, 0.5) is 0 Å². The Bertz CT molecular complexity index is 538. The van der Waals surface area contributed by atoms with Crippen LogP contribution in [0.5, 0.6) is 0 Å². The molecular weight excluding hydrogens is 262 g/mol. The third-order valence-electron chi connectivity index (χ3n) is 2.42. The van der Waals surface area contributed by atoms with Gasteiger partial charge in [-0.25, -0.2) is 9.59 Å². The minimum absolute atomic E-state index is 0.0257. The summed E-state index contributed by atoms with van der Waals surface area (Å²) in [7, 11) is 0. The molecule has 1 atom stereocenters. The molecule has 0 aliphatic carbocycles. The summed E-state index contributed by atoms with van der Waals surface area (Å²) >= 11 is 0. The molecule has 0 bridgehead atoms. The highest BCUT2D eigenvalue weighted by atomic mass is 16.5. The zero-order valence-corrected chi connectivity index (χ0v) is 11.0. The number of benzene rings is 1. The Kier molecular flexibility index (Phi) is 5.46. The molecule has 0 spiro atoms. The third kappa shape index (κ3) is 4.24. The number of amides is 1. The van der Waals surface area contributed by atoms with Crippen LogP contribution in [0, 0.1) is 0 Å². The number of carbonyl (C=O) groups excluding carboxylic acids is 2. The average Bonchev–Trinajstić information content (AvgIpc) is 2.44.